The highest BCUT2D eigenvalue weighted by Gasteiger charge is 2.53. The van der Waals surface area contributed by atoms with Gasteiger partial charge >= 0.3 is 12.1 Å². The molecule has 0 aromatic heterocycles. The van der Waals surface area contributed by atoms with E-state index in [1.165, 1.54) is 6.92 Å². The van der Waals surface area contributed by atoms with Crippen molar-refractivity contribution in [3.63, 3.8) is 0 Å². The summed E-state index contributed by atoms with van der Waals surface area (Å²) >= 11 is 0. The first-order valence-electron chi connectivity index (χ1n) is 6.19. The number of Topliss-reactive ketones (excluding diaryl/α,β-unsaturated/α-hetero) is 1. The third kappa shape index (κ3) is 3.46. The Labute approximate surface area is 108 Å². The van der Waals surface area contributed by atoms with Crippen LogP contribution in [0.3, 0.4) is 0 Å². The number of hydrogen-bond donors (Lipinski definition) is 1. The average Bonchev–Trinajstić information content (AvgIpc) is 2.31. The highest BCUT2D eigenvalue weighted by atomic mass is 19.4. The van der Waals surface area contributed by atoms with Crippen molar-refractivity contribution >= 4 is 11.8 Å². The van der Waals surface area contributed by atoms with Crippen LogP contribution < -0.4 is 0 Å². The second kappa shape index (κ2) is 5.90. The van der Waals surface area contributed by atoms with Crippen LogP contribution in [0.1, 0.15) is 39.0 Å². The van der Waals surface area contributed by atoms with Gasteiger partial charge in [0.05, 0.1) is 6.61 Å². The van der Waals surface area contributed by atoms with Crippen LogP contribution in [0.25, 0.3) is 0 Å². The van der Waals surface area contributed by atoms with Crippen LogP contribution >= 0.6 is 0 Å². The highest BCUT2D eigenvalue weighted by molar-refractivity contribution is 6.04. The van der Waals surface area contributed by atoms with E-state index in [-0.39, 0.29) is 19.4 Å². The van der Waals surface area contributed by atoms with Crippen LogP contribution in [0.15, 0.2) is 0 Å². The van der Waals surface area contributed by atoms with Crippen molar-refractivity contribution in [2.75, 3.05) is 6.61 Å². The summed E-state index contributed by atoms with van der Waals surface area (Å²) in [6, 6.07) is 0. The molecule has 0 aliphatic heterocycles. The number of hydrogen-bond acceptors (Lipinski definition) is 4. The van der Waals surface area contributed by atoms with E-state index in [0.717, 1.165) is 0 Å². The molecule has 7 heteroatoms. The first-order valence-corrected chi connectivity index (χ1v) is 6.19. The molecule has 0 spiro atoms. The van der Waals surface area contributed by atoms with Crippen molar-refractivity contribution in [1.29, 1.82) is 0 Å². The minimum atomic E-state index is -4.85. The molecule has 0 radical (unpaired) electrons. The summed E-state index contributed by atoms with van der Waals surface area (Å²) in [6.45, 7) is 1.50. The largest absolute Gasteiger partial charge is 0.465 e. The quantitative estimate of drug-likeness (QED) is 0.632. The maximum absolute atomic E-state index is 12.4. The maximum Gasteiger partial charge on any atom is 0.414 e. The molecule has 2 unspecified atom stereocenters. The van der Waals surface area contributed by atoms with Crippen molar-refractivity contribution in [3.8, 4) is 0 Å². The maximum atomic E-state index is 12.4. The lowest BCUT2D eigenvalue weighted by Crippen LogP contribution is -2.47. The van der Waals surface area contributed by atoms with Crippen molar-refractivity contribution in [2.24, 2.45) is 5.41 Å². The number of aliphatic hydroxyl groups excluding tert-OH is 1. The molecular weight excluding hydrogens is 265 g/mol. The first kappa shape index (κ1) is 15.9. The van der Waals surface area contributed by atoms with Gasteiger partial charge in [-0.25, -0.2) is 0 Å². The second-order valence-corrected chi connectivity index (χ2v) is 4.69. The van der Waals surface area contributed by atoms with E-state index in [2.05, 4.69) is 0 Å². The fourth-order valence-corrected chi connectivity index (χ4v) is 2.32. The Morgan fingerprint density at radius 3 is 2.58 bits per heavy atom. The molecule has 0 saturated heterocycles. The number of esters is 1. The van der Waals surface area contributed by atoms with Gasteiger partial charge in [0.15, 0.2) is 6.10 Å². The number of alkyl halides is 3. The van der Waals surface area contributed by atoms with Gasteiger partial charge in [0.1, 0.15) is 11.2 Å². The van der Waals surface area contributed by atoms with Crippen molar-refractivity contribution in [1.82, 2.24) is 0 Å². The van der Waals surface area contributed by atoms with Gasteiger partial charge in [0.25, 0.3) is 0 Å². The Kier molecular flexibility index (Phi) is 4.95. The molecule has 0 aromatic carbocycles. The van der Waals surface area contributed by atoms with Crippen molar-refractivity contribution in [3.05, 3.63) is 0 Å². The molecule has 19 heavy (non-hydrogen) atoms. The van der Waals surface area contributed by atoms with Crippen LogP contribution in [0.4, 0.5) is 13.2 Å². The lowest BCUT2D eigenvalue weighted by molar-refractivity contribution is -0.215. The summed E-state index contributed by atoms with van der Waals surface area (Å²) < 4.78 is 42.0. The lowest BCUT2D eigenvalue weighted by Gasteiger charge is -2.35. The molecule has 1 rings (SSSR count). The zero-order valence-corrected chi connectivity index (χ0v) is 10.6. The van der Waals surface area contributed by atoms with Crippen molar-refractivity contribution in [2.45, 2.75) is 51.3 Å². The summed E-state index contributed by atoms with van der Waals surface area (Å²) in [5.74, 6) is -1.52. The third-order valence-corrected chi connectivity index (χ3v) is 3.38. The van der Waals surface area contributed by atoms with Crippen LogP contribution in [-0.2, 0) is 14.3 Å². The zero-order chi connectivity index (χ0) is 14.7. The molecule has 0 heterocycles. The second-order valence-electron chi connectivity index (χ2n) is 4.69. The predicted octanol–water partition coefficient (Wildman–Crippen LogP) is 1.99. The van der Waals surface area contributed by atoms with Gasteiger partial charge < -0.3 is 9.84 Å². The Morgan fingerprint density at radius 1 is 1.47 bits per heavy atom. The molecule has 1 aliphatic carbocycles. The minimum Gasteiger partial charge on any atom is -0.465 e. The van der Waals surface area contributed by atoms with E-state index < -0.39 is 35.9 Å². The van der Waals surface area contributed by atoms with Gasteiger partial charge in [-0.3, -0.25) is 9.59 Å². The Balaban J connectivity index is 2.98. The third-order valence-electron chi connectivity index (χ3n) is 3.38. The summed E-state index contributed by atoms with van der Waals surface area (Å²) in [4.78, 5) is 23.8. The van der Waals surface area contributed by atoms with Gasteiger partial charge in [-0.2, -0.15) is 13.2 Å². The molecule has 0 aromatic rings. The monoisotopic (exact) mass is 282 g/mol. The number of carbonyl (C=O) groups excluding carboxylic acids is 2. The molecule has 1 N–H and O–H groups in total. The summed E-state index contributed by atoms with van der Waals surface area (Å²) in [7, 11) is 0. The lowest BCUT2D eigenvalue weighted by atomic mass is 9.69. The van der Waals surface area contributed by atoms with Crippen LogP contribution in [-0.4, -0.2) is 35.7 Å². The number of aliphatic hydroxyl groups is 1. The fourth-order valence-electron chi connectivity index (χ4n) is 2.32. The Morgan fingerprint density at radius 2 is 2.11 bits per heavy atom. The topological polar surface area (TPSA) is 63.6 Å². The summed E-state index contributed by atoms with van der Waals surface area (Å²) in [5, 5.41) is 9.15. The van der Waals surface area contributed by atoms with Gasteiger partial charge in [-0.05, 0) is 19.8 Å². The van der Waals surface area contributed by atoms with Crippen LogP contribution in [0.2, 0.25) is 0 Å². The fraction of sp³-hybridized carbons (Fsp3) is 0.833. The van der Waals surface area contributed by atoms with Gasteiger partial charge in [0, 0.05) is 12.8 Å². The van der Waals surface area contributed by atoms with Gasteiger partial charge in [-0.1, -0.05) is 6.42 Å². The standard InChI is InChI=1S/C12H17F3O4/c1-2-19-10(18)11(6-4-3-5-8(11)16)7-9(17)12(13,14)15/h9,17H,2-7H2,1H3. The predicted molar refractivity (Wildman–Crippen MR) is 59.2 cm³/mol. The molecule has 0 amide bonds. The van der Waals surface area contributed by atoms with Crippen LogP contribution in [0, 0.1) is 5.41 Å². The molecular formula is C12H17F3O4. The highest BCUT2D eigenvalue weighted by Crippen LogP contribution is 2.41. The molecule has 1 aliphatic rings. The summed E-state index contributed by atoms with van der Waals surface area (Å²) in [6.07, 6.45) is -7.44. The number of ether oxygens (including phenoxy) is 1. The normalized spacial score (nSPS) is 26.1. The van der Waals surface area contributed by atoms with E-state index in [4.69, 9.17) is 9.84 Å². The smallest absolute Gasteiger partial charge is 0.414 e. The minimum absolute atomic E-state index is 0.00218. The van der Waals surface area contributed by atoms with E-state index in [1.807, 2.05) is 0 Å². The molecule has 110 valence electrons. The van der Waals surface area contributed by atoms with E-state index in [9.17, 15) is 22.8 Å². The molecule has 1 fully saturated rings. The van der Waals surface area contributed by atoms with E-state index in [1.54, 1.807) is 0 Å². The molecule has 0 bridgehead atoms. The van der Waals surface area contributed by atoms with Gasteiger partial charge in [0.2, 0.25) is 0 Å². The SMILES string of the molecule is CCOC(=O)C1(CC(O)C(F)(F)F)CCCCC1=O. The average molecular weight is 282 g/mol. The number of carbonyl (C=O) groups is 2. The Bertz CT molecular complexity index is 353. The zero-order valence-electron chi connectivity index (χ0n) is 10.6. The van der Waals surface area contributed by atoms with Crippen molar-refractivity contribution < 1.29 is 32.6 Å². The van der Waals surface area contributed by atoms with Gasteiger partial charge in [-0.15, -0.1) is 0 Å². The number of ketones is 1. The molecule has 1 saturated carbocycles. The number of halogens is 3. The number of rotatable bonds is 4. The molecule has 4 nitrogen and oxygen atoms in total. The Hall–Kier alpha value is -1.11. The van der Waals surface area contributed by atoms with E-state index in [0.29, 0.717) is 12.8 Å². The van der Waals surface area contributed by atoms with Crippen LogP contribution in [0.5, 0.6) is 0 Å². The first-order chi connectivity index (χ1) is 8.74. The summed E-state index contributed by atoms with van der Waals surface area (Å²) in [5.41, 5.74) is -1.84. The van der Waals surface area contributed by atoms with E-state index >= 15 is 0 Å². The molecule has 2 atom stereocenters.